The average Bonchev–Trinajstić information content (AvgIpc) is 3.22. The van der Waals surface area contributed by atoms with E-state index in [-0.39, 0.29) is 62.3 Å². The number of carbonyl (C=O) groups is 1. The minimum Gasteiger partial charge on any atom is -0.463 e. The summed E-state index contributed by atoms with van der Waals surface area (Å²) >= 11 is 0. The fourth-order valence-electron chi connectivity index (χ4n) is 6.59. The SMILES string of the molecule is CC(=O)OCC1OCC[C@H](O)[C@@H]1O.COC.CO[C@@H]1OC(C)[C@H](O[C@@H]2OC3COC(C)(C)O[C@H]3[C@@H](O)C2O)[C@@H](O)C1O.O.O.OCC1CCC(O)CO1.OCC1C[C@@H](O)C(O)CO1. The molecule has 0 saturated carbocycles. The summed E-state index contributed by atoms with van der Waals surface area (Å²) < 4.78 is 57.0. The van der Waals surface area contributed by atoms with E-state index in [0.29, 0.717) is 26.1 Å². The van der Waals surface area contributed by atoms with E-state index in [1.165, 1.54) is 14.0 Å². The van der Waals surface area contributed by atoms with Crippen molar-refractivity contribution in [3.8, 4) is 0 Å². The summed E-state index contributed by atoms with van der Waals surface area (Å²) in [5, 5.41) is 104. The highest BCUT2D eigenvalue weighted by Crippen LogP contribution is 2.34. The van der Waals surface area contributed by atoms with Crippen LogP contribution in [0.2, 0.25) is 0 Å². The Hall–Kier alpha value is -1.45. The van der Waals surface area contributed by atoms with Gasteiger partial charge in [0.05, 0.1) is 69.7 Å². The van der Waals surface area contributed by atoms with E-state index in [1.54, 1.807) is 35.0 Å². The number of aliphatic hydroxyl groups excluding tert-OH is 11. The van der Waals surface area contributed by atoms with Crippen LogP contribution in [0, 0.1) is 0 Å². The van der Waals surface area contributed by atoms with Gasteiger partial charge in [-0.2, -0.15) is 0 Å². The summed E-state index contributed by atoms with van der Waals surface area (Å²) in [7, 11) is 4.60. The molecular weight excluding hydrogens is 856 g/mol. The van der Waals surface area contributed by atoms with Crippen LogP contribution in [-0.4, -0.2) is 257 Å². The third-order valence-electron chi connectivity index (χ3n) is 10.1. The first-order valence-electron chi connectivity index (χ1n) is 20.3. The van der Waals surface area contributed by atoms with Gasteiger partial charge in [-0.15, -0.1) is 0 Å². The maximum Gasteiger partial charge on any atom is 0.302 e. The van der Waals surface area contributed by atoms with Crippen molar-refractivity contribution in [1.82, 2.24) is 0 Å². The lowest BCUT2D eigenvalue weighted by atomic mass is 9.96. The quantitative estimate of drug-likeness (QED) is 0.106. The summed E-state index contributed by atoms with van der Waals surface area (Å²) in [6.45, 7) is 7.33. The molecule has 15 N–H and O–H groups in total. The van der Waals surface area contributed by atoms with E-state index >= 15 is 0 Å². The molecule has 18 atom stereocenters. The first-order chi connectivity index (χ1) is 28.7. The molecule has 0 aromatic heterocycles. The van der Waals surface area contributed by atoms with Gasteiger partial charge in [0.2, 0.25) is 0 Å². The fourth-order valence-corrected chi connectivity index (χ4v) is 6.59. The third-order valence-corrected chi connectivity index (χ3v) is 10.1. The van der Waals surface area contributed by atoms with Gasteiger partial charge < -0.3 is 119 Å². The Morgan fingerprint density at radius 2 is 1.30 bits per heavy atom. The molecule has 0 aromatic carbocycles. The molecular formula is C38H76O25. The van der Waals surface area contributed by atoms with E-state index in [4.69, 9.17) is 68.2 Å². The van der Waals surface area contributed by atoms with Gasteiger partial charge in [0.25, 0.3) is 0 Å². The van der Waals surface area contributed by atoms with Crippen molar-refractivity contribution < 1.29 is 124 Å². The molecule has 63 heavy (non-hydrogen) atoms. The highest BCUT2D eigenvalue weighted by molar-refractivity contribution is 5.65. The number of fused-ring (bicyclic) bond motifs is 1. The number of carbonyl (C=O) groups excluding carboxylic acids is 1. The number of methoxy groups -OCH3 is 2. The molecule has 25 nitrogen and oxygen atoms in total. The van der Waals surface area contributed by atoms with Crippen LogP contribution < -0.4 is 0 Å². The lowest BCUT2D eigenvalue weighted by molar-refractivity contribution is -0.397. The molecule has 6 rings (SSSR count). The molecule has 0 amide bonds. The number of rotatable bonds is 7. The maximum atomic E-state index is 10.5. The predicted molar refractivity (Wildman–Crippen MR) is 212 cm³/mol. The average molecular weight is 933 g/mol. The maximum absolute atomic E-state index is 10.5. The summed E-state index contributed by atoms with van der Waals surface area (Å²) in [5.41, 5.74) is 0. The third kappa shape index (κ3) is 20.1. The summed E-state index contributed by atoms with van der Waals surface area (Å²) in [6, 6.07) is 0. The van der Waals surface area contributed by atoms with Crippen LogP contribution in [0.5, 0.6) is 0 Å². The normalized spacial score (nSPS) is 40.5. The lowest BCUT2D eigenvalue weighted by Gasteiger charge is -2.50. The van der Waals surface area contributed by atoms with Gasteiger partial charge in [-0.1, -0.05) is 0 Å². The Bertz CT molecular complexity index is 1180. The van der Waals surface area contributed by atoms with Gasteiger partial charge in [0, 0.05) is 41.3 Å². The minimum absolute atomic E-state index is 0. The molecule has 6 saturated heterocycles. The van der Waals surface area contributed by atoms with Gasteiger partial charge in [0.15, 0.2) is 18.4 Å². The Kier molecular flexibility index (Phi) is 30.1. The number of aliphatic hydroxyl groups is 11. The van der Waals surface area contributed by atoms with Gasteiger partial charge in [-0.25, -0.2) is 0 Å². The highest BCUT2D eigenvalue weighted by Gasteiger charge is 2.53. The molecule has 378 valence electrons. The second kappa shape index (κ2) is 30.8. The molecule has 0 radical (unpaired) electrons. The molecule has 6 aliphatic heterocycles. The molecule has 6 aliphatic rings. The van der Waals surface area contributed by atoms with Crippen LogP contribution in [0.3, 0.4) is 0 Å². The van der Waals surface area contributed by atoms with E-state index in [0.717, 1.165) is 12.8 Å². The number of hydrogen-bond acceptors (Lipinski definition) is 23. The van der Waals surface area contributed by atoms with Crippen molar-refractivity contribution in [3.63, 3.8) is 0 Å². The van der Waals surface area contributed by atoms with Gasteiger partial charge in [0.1, 0.15) is 67.6 Å². The number of hydrogen-bond donors (Lipinski definition) is 11. The summed E-state index contributed by atoms with van der Waals surface area (Å²) in [5.74, 6) is -1.32. The van der Waals surface area contributed by atoms with E-state index in [9.17, 15) is 35.4 Å². The van der Waals surface area contributed by atoms with Gasteiger partial charge >= 0.3 is 5.97 Å². The van der Waals surface area contributed by atoms with Crippen molar-refractivity contribution in [2.75, 3.05) is 67.6 Å². The smallest absolute Gasteiger partial charge is 0.302 e. The zero-order valence-corrected chi connectivity index (χ0v) is 37.0. The zero-order valence-electron chi connectivity index (χ0n) is 37.0. The number of esters is 1. The summed E-state index contributed by atoms with van der Waals surface area (Å²) in [4.78, 5) is 10.5. The van der Waals surface area contributed by atoms with E-state index < -0.39 is 104 Å². The van der Waals surface area contributed by atoms with Crippen LogP contribution in [-0.2, 0) is 56.9 Å². The van der Waals surface area contributed by atoms with Gasteiger partial charge in [-0.3, -0.25) is 4.79 Å². The second-order valence-corrected chi connectivity index (χ2v) is 15.7. The monoisotopic (exact) mass is 932 g/mol. The van der Waals surface area contributed by atoms with Crippen molar-refractivity contribution in [1.29, 1.82) is 0 Å². The van der Waals surface area contributed by atoms with E-state index in [1.807, 2.05) is 0 Å². The standard InChI is InChI=1S/C16H28O10.C8H14O5.C6H12O4.C6H12O3.C2H6O.2H2O/c1-6-12(8(17)10(19)14(21-4)23-6)25-15-11(20)9(18)13-7(24-15)5-22-16(2,3)26-13;1-5(9)13-4-7-8(11)6(10)2-3-12-7;7-2-4-1-5(8)6(9)3-10-4;7-3-6-2-1-5(8)4-9-6;1-3-2;;/h6-15,17-20H,5H2,1-4H3;6-8,10-11H,2-4H2,1H3;4-9H,1-3H2;5-8H,1-4H2;1-2H3;2*1H2/t6?,7?,8-,9-,10?,11?,12-,13+,14+,15-;6-,7?,8-;4?,5-,6?;;;;/m001..../s1. The zero-order chi connectivity index (χ0) is 46.0. The first-order valence-corrected chi connectivity index (χ1v) is 20.3. The Balaban J connectivity index is 0.000000871. The minimum atomic E-state index is -1.41. The van der Waals surface area contributed by atoms with Gasteiger partial charge in [-0.05, 0) is 40.0 Å². The van der Waals surface area contributed by atoms with Crippen molar-refractivity contribution >= 4 is 5.97 Å². The molecule has 9 unspecified atom stereocenters. The van der Waals surface area contributed by atoms with E-state index in [2.05, 4.69) is 9.47 Å². The molecule has 0 aliphatic carbocycles. The second-order valence-electron chi connectivity index (χ2n) is 15.7. The van der Waals surface area contributed by atoms with Crippen molar-refractivity contribution in [2.24, 2.45) is 0 Å². The van der Waals surface area contributed by atoms with Crippen molar-refractivity contribution in [2.45, 2.75) is 169 Å². The Morgan fingerprint density at radius 3 is 1.84 bits per heavy atom. The molecule has 25 heteroatoms. The van der Waals surface area contributed by atoms with Crippen LogP contribution in [0.4, 0.5) is 0 Å². The molecule has 0 bridgehead atoms. The molecule has 6 fully saturated rings. The molecule has 0 spiro atoms. The van der Waals surface area contributed by atoms with Crippen LogP contribution in [0.25, 0.3) is 0 Å². The summed E-state index contributed by atoms with van der Waals surface area (Å²) in [6.07, 6.45) is -12.9. The van der Waals surface area contributed by atoms with Crippen LogP contribution >= 0.6 is 0 Å². The largest absolute Gasteiger partial charge is 0.463 e. The molecule has 6 heterocycles. The molecule has 0 aromatic rings. The Labute approximate surface area is 366 Å². The fraction of sp³-hybridized carbons (Fsp3) is 0.974. The van der Waals surface area contributed by atoms with Crippen molar-refractivity contribution in [3.05, 3.63) is 0 Å². The van der Waals surface area contributed by atoms with Crippen LogP contribution in [0.1, 0.15) is 53.4 Å². The topological polar surface area (TPSA) is 404 Å². The van der Waals surface area contributed by atoms with Crippen LogP contribution in [0.15, 0.2) is 0 Å². The highest BCUT2D eigenvalue weighted by atomic mass is 16.8. The number of ether oxygens (including phenoxy) is 11. The Morgan fingerprint density at radius 1 is 0.698 bits per heavy atom. The first kappa shape index (κ1) is 61.5. The predicted octanol–water partition coefficient (Wildman–Crippen LogP) is -6.24. The lowest BCUT2D eigenvalue weighted by Crippen LogP contribution is -2.66.